The van der Waals surface area contributed by atoms with Crippen LogP contribution in [0, 0.1) is 0 Å². The molecule has 0 radical (unpaired) electrons. The molecule has 0 amide bonds. The van der Waals surface area contributed by atoms with Crippen molar-refractivity contribution in [1.82, 2.24) is 4.98 Å². The summed E-state index contributed by atoms with van der Waals surface area (Å²) in [4.78, 5) is 6.77. The fourth-order valence-corrected chi connectivity index (χ4v) is 2.35. The summed E-state index contributed by atoms with van der Waals surface area (Å²) in [6, 6.07) is 0. The lowest BCUT2D eigenvalue weighted by Crippen LogP contribution is -2.36. The van der Waals surface area contributed by atoms with Gasteiger partial charge in [-0.25, -0.2) is 4.98 Å². The van der Waals surface area contributed by atoms with Crippen molar-refractivity contribution in [2.45, 2.75) is 0 Å². The summed E-state index contributed by atoms with van der Waals surface area (Å²) in [6.45, 7) is 3.47. The highest BCUT2D eigenvalue weighted by atomic mass is 35.5. The van der Waals surface area contributed by atoms with Crippen molar-refractivity contribution in [3.8, 4) is 0 Å². The molecule has 0 spiro atoms. The summed E-state index contributed by atoms with van der Waals surface area (Å²) in [7, 11) is 0. The third kappa shape index (κ3) is 2.93. The van der Waals surface area contributed by atoms with Crippen molar-refractivity contribution >= 4 is 34.1 Å². The van der Waals surface area contributed by atoms with Crippen LogP contribution in [0.25, 0.3) is 6.08 Å². The molecular weight excluding hydrogens is 232 g/mol. The van der Waals surface area contributed by atoms with Gasteiger partial charge in [-0.1, -0.05) is 6.08 Å². The van der Waals surface area contributed by atoms with E-state index in [1.807, 2.05) is 17.5 Å². The number of allylic oxidation sites excluding steroid dienone is 1. The van der Waals surface area contributed by atoms with Gasteiger partial charge in [0.25, 0.3) is 0 Å². The van der Waals surface area contributed by atoms with Crippen LogP contribution in [0.3, 0.4) is 0 Å². The molecule has 0 aliphatic carbocycles. The second-order valence-corrected chi connectivity index (χ2v) is 4.36. The largest absolute Gasteiger partial charge is 0.378 e. The van der Waals surface area contributed by atoms with Crippen LogP contribution in [-0.2, 0) is 4.74 Å². The number of nitrogens with zero attached hydrogens (tertiary/aromatic N) is 2. The summed E-state index contributed by atoms with van der Waals surface area (Å²) in [5, 5.41) is 3.13. The van der Waals surface area contributed by atoms with Gasteiger partial charge in [0.1, 0.15) is 0 Å². The number of hydrogen-bond acceptors (Lipinski definition) is 4. The van der Waals surface area contributed by atoms with E-state index in [9.17, 15) is 0 Å². The molecule has 1 aromatic heterocycles. The molecule has 1 aliphatic heterocycles. The van der Waals surface area contributed by atoms with Crippen LogP contribution >= 0.6 is 22.9 Å². The Morgan fingerprint density at radius 1 is 1.53 bits per heavy atom. The highest BCUT2D eigenvalue weighted by Crippen LogP contribution is 2.21. The van der Waals surface area contributed by atoms with Gasteiger partial charge < -0.3 is 9.64 Å². The molecule has 1 aliphatic rings. The number of hydrogen-bond donors (Lipinski definition) is 0. The van der Waals surface area contributed by atoms with Crippen molar-refractivity contribution in [3.05, 3.63) is 17.2 Å². The molecule has 0 saturated carbocycles. The van der Waals surface area contributed by atoms with Crippen LogP contribution in [0.1, 0.15) is 5.69 Å². The maximum Gasteiger partial charge on any atom is 0.185 e. The molecule has 82 valence electrons. The predicted molar refractivity (Wildman–Crippen MR) is 64.9 cm³/mol. The molecule has 3 nitrogen and oxygen atoms in total. The van der Waals surface area contributed by atoms with Crippen molar-refractivity contribution in [3.63, 3.8) is 0 Å². The number of halogens is 1. The van der Waals surface area contributed by atoms with Gasteiger partial charge in [0.2, 0.25) is 0 Å². The Labute approximate surface area is 98.3 Å². The zero-order valence-electron chi connectivity index (χ0n) is 8.36. The van der Waals surface area contributed by atoms with E-state index in [-0.39, 0.29) is 0 Å². The van der Waals surface area contributed by atoms with Crippen LogP contribution in [-0.4, -0.2) is 37.2 Å². The van der Waals surface area contributed by atoms with Crippen molar-refractivity contribution in [2.24, 2.45) is 0 Å². The average Bonchev–Trinajstić information content (AvgIpc) is 2.76. The Hall–Kier alpha value is -0.580. The highest BCUT2D eigenvalue weighted by molar-refractivity contribution is 7.13. The second-order valence-electron chi connectivity index (χ2n) is 3.21. The van der Waals surface area contributed by atoms with E-state index in [0.29, 0.717) is 5.88 Å². The van der Waals surface area contributed by atoms with Crippen LogP contribution in [0.5, 0.6) is 0 Å². The van der Waals surface area contributed by atoms with Crippen molar-refractivity contribution in [2.75, 3.05) is 37.1 Å². The fraction of sp³-hybridized carbons (Fsp3) is 0.500. The highest BCUT2D eigenvalue weighted by Gasteiger charge is 2.13. The molecule has 15 heavy (non-hydrogen) atoms. The lowest BCUT2D eigenvalue weighted by atomic mass is 10.4. The van der Waals surface area contributed by atoms with Crippen LogP contribution < -0.4 is 4.90 Å². The molecule has 1 saturated heterocycles. The molecule has 0 unspecified atom stereocenters. The van der Waals surface area contributed by atoms with E-state index in [0.717, 1.165) is 37.1 Å². The first-order chi connectivity index (χ1) is 7.40. The van der Waals surface area contributed by atoms with E-state index in [1.165, 1.54) is 0 Å². The summed E-state index contributed by atoms with van der Waals surface area (Å²) in [5.74, 6) is 0.532. The Morgan fingerprint density at radius 2 is 2.33 bits per heavy atom. The fourth-order valence-electron chi connectivity index (χ4n) is 1.42. The van der Waals surface area contributed by atoms with Gasteiger partial charge in [0.05, 0.1) is 18.9 Å². The van der Waals surface area contributed by atoms with Crippen molar-refractivity contribution in [1.29, 1.82) is 0 Å². The van der Waals surface area contributed by atoms with E-state index in [4.69, 9.17) is 16.3 Å². The average molecular weight is 245 g/mol. The maximum atomic E-state index is 5.57. The van der Waals surface area contributed by atoms with Crippen molar-refractivity contribution < 1.29 is 4.74 Å². The van der Waals surface area contributed by atoms with E-state index >= 15 is 0 Å². The summed E-state index contributed by atoms with van der Waals surface area (Å²) in [5.41, 5.74) is 0.988. The molecular formula is C10H13ClN2OS. The summed E-state index contributed by atoms with van der Waals surface area (Å²) in [6.07, 6.45) is 3.85. The quantitative estimate of drug-likeness (QED) is 0.763. The predicted octanol–water partition coefficient (Wildman–Crippen LogP) is 2.23. The molecule has 0 aromatic carbocycles. The Morgan fingerprint density at radius 3 is 3.07 bits per heavy atom. The van der Waals surface area contributed by atoms with Gasteiger partial charge in [0, 0.05) is 24.3 Å². The smallest absolute Gasteiger partial charge is 0.185 e. The number of anilines is 1. The molecule has 0 bridgehead atoms. The van der Waals surface area contributed by atoms with Crippen LogP contribution in [0.2, 0.25) is 0 Å². The molecule has 2 heterocycles. The molecule has 1 aromatic rings. The van der Waals surface area contributed by atoms with E-state index < -0.39 is 0 Å². The summed E-state index contributed by atoms with van der Waals surface area (Å²) >= 11 is 7.24. The number of ether oxygens (including phenoxy) is 1. The standard InChI is InChI=1S/C10H13ClN2OS/c11-3-1-2-9-8-15-10(12-9)13-4-6-14-7-5-13/h1-2,8H,3-7H2. The van der Waals surface area contributed by atoms with Gasteiger partial charge in [-0.05, 0) is 6.08 Å². The maximum absolute atomic E-state index is 5.57. The Bertz CT molecular complexity index is 334. The molecule has 2 rings (SSSR count). The number of alkyl halides is 1. The Balaban J connectivity index is 2.02. The zero-order chi connectivity index (χ0) is 10.5. The number of thiazole rings is 1. The van der Waals surface area contributed by atoms with Gasteiger partial charge in [-0.3, -0.25) is 0 Å². The first-order valence-electron chi connectivity index (χ1n) is 4.91. The lowest BCUT2D eigenvalue weighted by molar-refractivity contribution is 0.122. The monoisotopic (exact) mass is 244 g/mol. The molecule has 0 N–H and O–H groups in total. The number of rotatable bonds is 3. The summed E-state index contributed by atoms with van der Waals surface area (Å²) < 4.78 is 5.30. The van der Waals surface area contributed by atoms with E-state index in [1.54, 1.807) is 11.3 Å². The first kappa shape index (κ1) is 10.9. The second kappa shape index (κ2) is 5.49. The van der Waals surface area contributed by atoms with Gasteiger partial charge in [0.15, 0.2) is 5.13 Å². The van der Waals surface area contributed by atoms with Crippen LogP contribution in [0.4, 0.5) is 5.13 Å². The third-order valence-corrected chi connectivity index (χ3v) is 3.27. The lowest BCUT2D eigenvalue weighted by Gasteiger charge is -2.25. The SMILES string of the molecule is ClCC=Cc1csc(N2CCOCC2)n1. The minimum absolute atomic E-state index is 0.532. The number of aromatic nitrogens is 1. The number of morpholine rings is 1. The van der Waals surface area contributed by atoms with Gasteiger partial charge in [-0.15, -0.1) is 22.9 Å². The normalized spacial score (nSPS) is 17.5. The minimum atomic E-state index is 0.532. The van der Waals surface area contributed by atoms with E-state index in [2.05, 4.69) is 9.88 Å². The van der Waals surface area contributed by atoms with Crippen LogP contribution in [0.15, 0.2) is 11.5 Å². The topological polar surface area (TPSA) is 25.4 Å². The first-order valence-corrected chi connectivity index (χ1v) is 6.32. The Kier molecular flexibility index (Phi) is 4.00. The molecule has 0 atom stereocenters. The zero-order valence-corrected chi connectivity index (χ0v) is 9.93. The van der Waals surface area contributed by atoms with Gasteiger partial charge >= 0.3 is 0 Å². The molecule has 5 heteroatoms. The van der Waals surface area contributed by atoms with Gasteiger partial charge in [-0.2, -0.15) is 0 Å². The minimum Gasteiger partial charge on any atom is -0.378 e. The third-order valence-electron chi connectivity index (χ3n) is 2.17. The molecule has 1 fully saturated rings.